The Hall–Kier alpha value is -1.14. The minimum absolute atomic E-state index is 0.00134. The maximum Gasteiger partial charge on any atom is 0.309 e. The third-order valence-corrected chi connectivity index (χ3v) is 5.63. The number of hydrogen-bond acceptors (Lipinski definition) is 6. The van der Waals surface area contributed by atoms with E-state index in [2.05, 4.69) is 0 Å². The van der Waals surface area contributed by atoms with Crippen molar-refractivity contribution in [3.05, 3.63) is 0 Å². The molecule has 4 fully saturated rings. The van der Waals surface area contributed by atoms with Crippen LogP contribution in [0, 0.1) is 23.7 Å². The Morgan fingerprint density at radius 2 is 1.20 bits per heavy atom. The predicted molar refractivity (Wildman–Crippen MR) is 64.2 cm³/mol. The van der Waals surface area contributed by atoms with Crippen molar-refractivity contribution in [2.24, 2.45) is 23.7 Å². The number of fused-ring (bicyclic) bond motifs is 2. The lowest BCUT2D eigenvalue weighted by atomic mass is 9.68. The minimum atomic E-state index is -1.17. The highest BCUT2D eigenvalue weighted by atomic mass is 16.6. The summed E-state index contributed by atoms with van der Waals surface area (Å²) < 4.78 is 10.4. The second-order valence-electron chi connectivity index (χ2n) is 6.48. The lowest BCUT2D eigenvalue weighted by molar-refractivity contribution is -0.163. The zero-order chi connectivity index (χ0) is 14.0. The van der Waals surface area contributed by atoms with Crippen LogP contribution >= 0.6 is 0 Å². The Bertz CT molecular complexity index is 421. The molecule has 110 valence electrons. The van der Waals surface area contributed by atoms with Crippen LogP contribution < -0.4 is 0 Å². The molecule has 0 aromatic heterocycles. The minimum Gasteiger partial charge on any atom is -0.459 e. The summed E-state index contributed by atoms with van der Waals surface area (Å²) in [6.45, 7) is 0. The molecule has 0 bridgehead atoms. The monoisotopic (exact) mass is 282 g/mol. The molecule has 4 rings (SSSR count). The van der Waals surface area contributed by atoms with Gasteiger partial charge in [-0.05, 0) is 25.7 Å². The van der Waals surface area contributed by atoms with Gasteiger partial charge in [0.25, 0.3) is 0 Å². The smallest absolute Gasteiger partial charge is 0.309 e. The topological polar surface area (TPSA) is 93.1 Å². The van der Waals surface area contributed by atoms with Crippen molar-refractivity contribution in [1.29, 1.82) is 0 Å². The lowest BCUT2D eigenvalue weighted by Crippen LogP contribution is -2.50. The van der Waals surface area contributed by atoms with Crippen molar-refractivity contribution < 1.29 is 29.3 Å². The molecule has 2 saturated carbocycles. The summed E-state index contributed by atoms with van der Waals surface area (Å²) in [5.74, 6) is -0.790. The Balaban J connectivity index is 1.47. The molecule has 2 heterocycles. The highest BCUT2D eigenvalue weighted by molar-refractivity contribution is 5.77. The van der Waals surface area contributed by atoms with E-state index in [1.165, 1.54) is 0 Å². The van der Waals surface area contributed by atoms with E-state index in [4.69, 9.17) is 9.47 Å². The van der Waals surface area contributed by atoms with Crippen LogP contribution in [0.3, 0.4) is 0 Å². The van der Waals surface area contributed by atoms with Gasteiger partial charge >= 0.3 is 11.9 Å². The van der Waals surface area contributed by atoms with Crippen LogP contribution in [-0.2, 0) is 19.1 Å². The molecule has 6 heteroatoms. The summed E-state index contributed by atoms with van der Waals surface area (Å²) in [5.41, 5.74) is 0. The van der Waals surface area contributed by atoms with Crippen molar-refractivity contribution in [3.8, 4) is 0 Å². The second-order valence-corrected chi connectivity index (χ2v) is 6.48. The van der Waals surface area contributed by atoms with E-state index in [-0.39, 0.29) is 35.6 Å². The van der Waals surface area contributed by atoms with Gasteiger partial charge in [0, 0.05) is 11.8 Å². The van der Waals surface area contributed by atoms with Crippen LogP contribution in [0.1, 0.15) is 25.7 Å². The van der Waals surface area contributed by atoms with Crippen molar-refractivity contribution in [1.82, 2.24) is 0 Å². The van der Waals surface area contributed by atoms with Crippen molar-refractivity contribution >= 4 is 11.9 Å². The third-order valence-electron chi connectivity index (χ3n) is 5.63. The first-order chi connectivity index (χ1) is 9.58. The Morgan fingerprint density at radius 3 is 1.45 bits per heavy atom. The SMILES string of the molecule is O=C1O[C@@H]([C@H](O)[C@@H](O)[C@@H]2OC(=O)[C@@H]3CC[C@H]23)[C@@H]2CC[C@H]12. The molecule has 6 nitrogen and oxygen atoms in total. The first-order valence-electron chi connectivity index (χ1n) is 7.35. The largest absolute Gasteiger partial charge is 0.459 e. The van der Waals surface area contributed by atoms with E-state index in [9.17, 15) is 19.8 Å². The van der Waals surface area contributed by atoms with Crippen molar-refractivity contribution in [2.45, 2.75) is 50.1 Å². The zero-order valence-electron chi connectivity index (χ0n) is 11.0. The number of esters is 2. The molecule has 20 heavy (non-hydrogen) atoms. The number of carbonyl (C=O) groups excluding carboxylic acids is 2. The maximum absolute atomic E-state index is 11.6. The molecule has 0 unspecified atom stereocenters. The van der Waals surface area contributed by atoms with Crippen molar-refractivity contribution in [2.75, 3.05) is 0 Å². The van der Waals surface area contributed by atoms with Gasteiger partial charge in [0.2, 0.25) is 0 Å². The van der Waals surface area contributed by atoms with Crippen LogP contribution in [0.2, 0.25) is 0 Å². The van der Waals surface area contributed by atoms with E-state index in [1.54, 1.807) is 0 Å². The number of ether oxygens (including phenoxy) is 2. The third kappa shape index (κ3) is 1.52. The number of rotatable bonds is 3. The predicted octanol–water partition coefficient (Wildman–Crippen LogP) is -0.389. The lowest BCUT2D eigenvalue weighted by Gasteiger charge is -2.36. The molecule has 0 aromatic carbocycles. The van der Waals surface area contributed by atoms with Gasteiger partial charge in [0.1, 0.15) is 24.4 Å². The van der Waals surface area contributed by atoms with Crippen LogP contribution in [0.25, 0.3) is 0 Å². The summed E-state index contributed by atoms with van der Waals surface area (Å²) in [7, 11) is 0. The number of aliphatic hydroxyl groups is 2. The Labute approximate surface area is 116 Å². The molecule has 0 aromatic rings. The number of hydrogen-bond donors (Lipinski definition) is 2. The molecule has 0 radical (unpaired) electrons. The summed E-state index contributed by atoms with van der Waals surface area (Å²) in [5, 5.41) is 20.6. The average Bonchev–Trinajstić information content (AvgIpc) is 2.66. The van der Waals surface area contributed by atoms with Gasteiger partial charge in [-0.25, -0.2) is 0 Å². The second kappa shape index (κ2) is 4.18. The summed E-state index contributed by atoms with van der Waals surface area (Å²) in [6.07, 6.45) is -0.401. The first kappa shape index (κ1) is 12.6. The maximum atomic E-state index is 11.6. The molecule has 2 N–H and O–H groups in total. The Morgan fingerprint density at radius 1 is 0.800 bits per heavy atom. The Kier molecular flexibility index (Phi) is 2.63. The molecule has 0 amide bonds. The van der Waals surface area contributed by atoms with Crippen LogP contribution in [0.5, 0.6) is 0 Å². The van der Waals surface area contributed by atoms with Crippen LogP contribution in [-0.4, -0.2) is 46.6 Å². The quantitative estimate of drug-likeness (QED) is 0.685. The van der Waals surface area contributed by atoms with E-state index in [0.717, 1.165) is 25.7 Å². The number of cyclic esters (lactones) is 2. The zero-order valence-corrected chi connectivity index (χ0v) is 11.0. The standard InChI is InChI=1S/C14H18O6/c15-9(11-5-1-3-7(5)13(17)19-11)10(16)12-6-2-4-8(6)14(18)20-12/h5-12,15-16H,1-4H2/t5-,6+,7+,8-,9-,10-,11-,12-/m1/s1. The molecule has 2 aliphatic carbocycles. The fraction of sp³-hybridized carbons (Fsp3) is 0.857. The van der Waals surface area contributed by atoms with E-state index < -0.39 is 24.4 Å². The molecule has 8 atom stereocenters. The number of carbonyl (C=O) groups is 2. The van der Waals surface area contributed by atoms with Gasteiger partial charge in [-0.2, -0.15) is 0 Å². The summed E-state index contributed by atoms with van der Waals surface area (Å²) >= 11 is 0. The van der Waals surface area contributed by atoms with Gasteiger partial charge in [-0.3, -0.25) is 9.59 Å². The average molecular weight is 282 g/mol. The van der Waals surface area contributed by atoms with E-state index in [1.807, 2.05) is 0 Å². The molecule has 2 aliphatic heterocycles. The van der Waals surface area contributed by atoms with E-state index in [0.29, 0.717) is 0 Å². The van der Waals surface area contributed by atoms with Crippen LogP contribution in [0.15, 0.2) is 0 Å². The molecular weight excluding hydrogens is 264 g/mol. The first-order valence-corrected chi connectivity index (χ1v) is 7.35. The van der Waals surface area contributed by atoms with Crippen molar-refractivity contribution in [3.63, 3.8) is 0 Å². The molecule has 0 spiro atoms. The van der Waals surface area contributed by atoms with Gasteiger partial charge < -0.3 is 19.7 Å². The fourth-order valence-corrected chi connectivity index (χ4v) is 4.08. The summed E-state index contributed by atoms with van der Waals surface area (Å²) in [6, 6.07) is 0. The van der Waals surface area contributed by atoms with Gasteiger partial charge in [0.05, 0.1) is 11.8 Å². The van der Waals surface area contributed by atoms with Crippen LogP contribution in [0.4, 0.5) is 0 Å². The molecule has 2 saturated heterocycles. The highest BCUT2D eigenvalue weighted by Crippen LogP contribution is 2.48. The molecular formula is C14H18O6. The van der Waals surface area contributed by atoms with Gasteiger partial charge in [-0.1, -0.05) is 0 Å². The molecule has 4 aliphatic rings. The summed E-state index contributed by atoms with van der Waals surface area (Å²) in [4.78, 5) is 23.1. The normalized spacial score (nSPS) is 48.3. The fourth-order valence-electron chi connectivity index (χ4n) is 4.08. The number of aliphatic hydroxyl groups excluding tert-OH is 2. The van der Waals surface area contributed by atoms with E-state index >= 15 is 0 Å². The van der Waals surface area contributed by atoms with Gasteiger partial charge in [0.15, 0.2) is 0 Å². The van der Waals surface area contributed by atoms with Gasteiger partial charge in [-0.15, -0.1) is 0 Å². The highest BCUT2D eigenvalue weighted by Gasteiger charge is 2.58.